The first-order chi connectivity index (χ1) is 10.8. The SMILES string of the molecule is [CH2-]c1c(-c2ccccn2)cccc1-c1cccc[n+]1[CH2-].[Cl][Pt]. The van der Waals surface area contributed by atoms with Crippen molar-refractivity contribution in [3.8, 4) is 22.5 Å². The number of halogens is 1. The van der Waals surface area contributed by atoms with Crippen LogP contribution >= 0.6 is 9.42 Å². The van der Waals surface area contributed by atoms with Crippen LogP contribution in [-0.2, 0) is 18.8 Å². The molecule has 0 N–H and O–H groups in total. The number of hydrogen-bond donors (Lipinski definition) is 0. The fourth-order valence-corrected chi connectivity index (χ4v) is 2.31. The molecule has 3 rings (SSSR count). The first kappa shape index (κ1) is 16.6. The number of benzene rings is 1. The van der Waals surface area contributed by atoms with E-state index in [9.17, 15) is 0 Å². The summed E-state index contributed by atoms with van der Waals surface area (Å²) in [6.07, 6.45) is 3.73. The van der Waals surface area contributed by atoms with Crippen molar-refractivity contribution in [1.82, 2.24) is 4.98 Å². The molecule has 0 aliphatic rings. The Labute approximate surface area is 146 Å². The Morgan fingerprint density at radius 3 is 2.32 bits per heavy atom. The second kappa shape index (κ2) is 8.03. The average molecular weight is 490 g/mol. The number of aromatic nitrogens is 2. The van der Waals surface area contributed by atoms with E-state index in [1.54, 1.807) is 25.0 Å². The zero-order chi connectivity index (χ0) is 15.9. The predicted molar refractivity (Wildman–Crippen MR) is 86.4 cm³/mol. The molecule has 3 aromatic rings. The third-order valence-corrected chi connectivity index (χ3v) is 3.33. The van der Waals surface area contributed by atoms with E-state index in [0.29, 0.717) is 0 Å². The maximum atomic E-state index is 4.61. The van der Waals surface area contributed by atoms with Crippen molar-refractivity contribution in [2.75, 3.05) is 0 Å². The summed E-state index contributed by atoms with van der Waals surface area (Å²) in [7, 11) is 8.62. The van der Waals surface area contributed by atoms with Gasteiger partial charge in [0, 0.05) is 18.9 Å². The minimum atomic E-state index is 0.936. The molecular weight excluding hydrogens is 475 g/mol. The molecule has 22 heavy (non-hydrogen) atoms. The van der Waals surface area contributed by atoms with Crippen LogP contribution < -0.4 is 4.57 Å². The summed E-state index contributed by atoms with van der Waals surface area (Å²) in [6.45, 7) is 4.23. The van der Waals surface area contributed by atoms with E-state index >= 15 is 0 Å². The summed E-state index contributed by atoms with van der Waals surface area (Å²) in [6, 6.07) is 18.0. The molecule has 0 amide bonds. The van der Waals surface area contributed by atoms with E-state index in [-0.39, 0.29) is 0 Å². The van der Waals surface area contributed by atoms with Crippen molar-refractivity contribution in [2.45, 2.75) is 0 Å². The quantitative estimate of drug-likeness (QED) is 0.389. The van der Waals surface area contributed by atoms with Crippen LogP contribution in [0.3, 0.4) is 0 Å². The van der Waals surface area contributed by atoms with Crippen molar-refractivity contribution in [1.29, 1.82) is 0 Å². The van der Waals surface area contributed by atoms with Gasteiger partial charge in [0.15, 0.2) is 0 Å². The molecule has 0 aliphatic heterocycles. The Bertz CT molecular complexity index is 745. The summed E-state index contributed by atoms with van der Waals surface area (Å²) in [4.78, 5) is 4.40. The third-order valence-electron chi connectivity index (χ3n) is 3.33. The molecule has 4 heteroatoms. The Morgan fingerprint density at radius 1 is 0.909 bits per heavy atom. The van der Waals surface area contributed by atoms with Crippen molar-refractivity contribution >= 4 is 9.42 Å². The molecule has 1 aromatic carbocycles. The first-order valence-electron chi connectivity index (χ1n) is 6.57. The third kappa shape index (κ3) is 3.52. The molecule has 2 aromatic heterocycles. The van der Waals surface area contributed by atoms with Gasteiger partial charge in [0.05, 0.1) is 11.9 Å². The van der Waals surface area contributed by atoms with Crippen LogP contribution in [0.15, 0.2) is 67.0 Å². The second-order valence-corrected chi connectivity index (χ2v) is 4.60. The van der Waals surface area contributed by atoms with Crippen molar-refractivity contribution in [3.05, 3.63) is 86.5 Å². The van der Waals surface area contributed by atoms with Gasteiger partial charge in [-0.15, -0.1) is 23.3 Å². The Balaban J connectivity index is 0.000000847. The Hall–Kier alpha value is -1.76. The summed E-state index contributed by atoms with van der Waals surface area (Å²) < 4.78 is 1.85. The van der Waals surface area contributed by atoms with Crippen molar-refractivity contribution in [2.24, 2.45) is 0 Å². The number of hydrogen-bond acceptors (Lipinski definition) is 1. The summed E-state index contributed by atoms with van der Waals surface area (Å²) >= 11 is 1.61. The van der Waals surface area contributed by atoms with Gasteiger partial charge < -0.3 is 4.57 Å². The molecule has 0 bridgehead atoms. The summed E-state index contributed by atoms with van der Waals surface area (Å²) in [5.41, 5.74) is 5.06. The van der Waals surface area contributed by atoms with Crippen LogP contribution in [0.4, 0.5) is 0 Å². The molecule has 2 heterocycles. The van der Waals surface area contributed by atoms with Crippen LogP contribution in [0.25, 0.3) is 22.5 Å². The number of rotatable bonds is 2. The van der Waals surface area contributed by atoms with Gasteiger partial charge in [-0.1, -0.05) is 30.3 Å². The standard InChI is InChI=1S/C18H15N2.ClH.Pt/c1-14-15(17-10-3-5-12-19-17)8-7-9-16(14)18-11-4-6-13-20(18)2;;/h3-13H,1-2H2;1H;/q-1;;+1/p-1. The zero-order valence-corrected chi connectivity index (χ0v) is 14.9. The Morgan fingerprint density at radius 2 is 1.64 bits per heavy atom. The normalized spacial score (nSPS) is 9.77. The van der Waals surface area contributed by atoms with Crippen molar-refractivity contribution < 1.29 is 23.3 Å². The van der Waals surface area contributed by atoms with Gasteiger partial charge in [0.2, 0.25) is 0 Å². The zero-order valence-electron chi connectivity index (χ0n) is 11.9. The van der Waals surface area contributed by atoms with E-state index < -0.39 is 0 Å². The predicted octanol–water partition coefficient (Wildman–Crippen LogP) is 4.21. The van der Waals surface area contributed by atoms with Gasteiger partial charge in [-0.25, -0.2) is 0 Å². The van der Waals surface area contributed by atoms with Gasteiger partial charge >= 0.3 is 28.2 Å². The van der Waals surface area contributed by atoms with E-state index in [2.05, 4.69) is 34.4 Å². The molecule has 0 spiro atoms. The molecule has 2 nitrogen and oxygen atoms in total. The van der Waals surface area contributed by atoms with Gasteiger partial charge in [0.25, 0.3) is 0 Å². The van der Waals surface area contributed by atoms with E-state index in [1.807, 2.05) is 59.3 Å². The molecule has 115 valence electrons. The molecule has 0 saturated carbocycles. The maximum absolute atomic E-state index is 4.61. The van der Waals surface area contributed by atoms with Gasteiger partial charge in [-0.3, -0.25) is 4.98 Å². The van der Waals surface area contributed by atoms with Gasteiger partial charge in [0.1, 0.15) is 0 Å². The number of nitrogens with zero attached hydrogens (tertiary/aromatic N) is 2. The molecule has 0 aliphatic carbocycles. The fraction of sp³-hybridized carbons (Fsp3) is 0. The van der Waals surface area contributed by atoms with Crippen LogP contribution in [0, 0.1) is 14.0 Å². The fourth-order valence-electron chi connectivity index (χ4n) is 2.31. The monoisotopic (exact) mass is 489 g/mol. The molecule has 0 saturated heterocycles. The molecule has 0 radical (unpaired) electrons. The number of pyridine rings is 2. The Kier molecular flexibility index (Phi) is 6.06. The van der Waals surface area contributed by atoms with Crippen molar-refractivity contribution in [3.63, 3.8) is 0 Å². The van der Waals surface area contributed by atoms with E-state index in [4.69, 9.17) is 0 Å². The molecule has 0 unspecified atom stereocenters. The molecular formula is C18H15ClN2Pt-. The molecule has 0 fully saturated rings. The average Bonchev–Trinajstić information content (AvgIpc) is 2.58. The van der Waals surface area contributed by atoms with Crippen LogP contribution in [0.1, 0.15) is 5.56 Å². The van der Waals surface area contributed by atoms with E-state index in [1.165, 1.54) is 0 Å². The van der Waals surface area contributed by atoms with Gasteiger partial charge in [-0.05, 0) is 12.1 Å². The molecule has 0 atom stereocenters. The second-order valence-electron chi connectivity index (χ2n) is 4.60. The van der Waals surface area contributed by atoms with Crippen LogP contribution in [0.5, 0.6) is 0 Å². The van der Waals surface area contributed by atoms with Gasteiger partial charge in [-0.2, -0.15) is 12.5 Å². The minimum absolute atomic E-state index is 0.936. The summed E-state index contributed by atoms with van der Waals surface area (Å²) in [5, 5.41) is 0. The summed E-state index contributed by atoms with van der Waals surface area (Å²) in [5.74, 6) is 0. The van der Waals surface area contributed by atoms with Crippen LogP contribution in [0.2, 0.25) is 0 Å². The first-order valence-corrected chi connectivity index (χ1v) is 9.39. The van der Waals surface area contributed by atoms with E-state index in [0.717, 1.165) is 28.1 Å². The topological polar surface area (TPSA) is 16.8 Å². The van der Waals surface area contributed by atoms with Crippen LogP contribution in [-0.4, -0.2) is 4.98 Å².